The molecule has 0 atom stereocenters. The standard InChI is InChI=1S/C26H27N3O4S/c1-3-12-28(26(31)27-22-9-5-4-7-19(22)2)17-25(30)29(16-21-8-6-13-34-21)15-20-10-11-23-24(14-20)33-18-32-23/h3-11,13-14H,1,12,15-18H2,2H3,(H,27,31). The molecular formula is C26H27N3O4S. The van der Waals surface area contributed by atoms with Gasteiger partial charge in [-0.25, -0.2) is 4.79 Å². The topological polar surface area (TPSA) is 71.1 Å². The van der Waals surface area contributed by atoms with E-state index >= 15 is 0 Å². The molecule has 1 N–H and O–H groups in total. The summed E-state index contributed by atoms with van der Waals surface area (Å²) >= 11 is 1.59. The van der Waals surface area contributed by atoms with Crippen molar-refractivity contribution in [2.24, 2.45) is 0 Å². The number of carbonyl (C=O) groups is 2. The number of nitrogens with zero attached hydrogens (tertiary/aromatic N) is 2. The summed E-state index contributed by atoms with van der Waals surface area (Å²) < 4.78 is 10.9. The van der Waals surface area contributed by atoms with E-state index in [0.29, 0.717) is 30.3 Å². The zero-order valence-electron chi connectivity index (χ0n) is 19.0. The second kappa shape index (κ2) is 10.9. The number of hydrogen-bond donors (Lipinski definition) is 1. The number of carbonyl (C=O) groups excluding carboxylic acids is 2. The zero-order valence-corrected chi connectivity index (χ0v) is 19.8. The first-order valence-electron chi connectivity index (χ1n) is 10.9. The molecule has 0 fully saturated rings. The number of urea groups is 1. The number of rotatable bonds is 9. The van der Waals surface area contributed by atoms with Crippen LogP contribution in [-0.4, -0.2) is 41.6 Å². The second-order valence-electron chi connectivity index (χ2n) is 7.93. The summed E-state index contributed by atoms with van der Waals surface area (Å²) in [6, 6.07) is 16.8. The van der Waals surface area contributed by atoms with Gasteiger partial charge in [0.1, 0.15) is 6.54 Å². The average molecular weight is 478 g/mol. The van der Waals surface area contributed by atoms with E-state index in [1.165, 1.54) is 4.90 Å². The van der Waals surface area contributed by atoms with Gasteiger partial charge in [-0.05, 0) is 47.7 Å². The first kappa shape index (κ1) is 23.4. The largest absolute Gasteiger partial charge is 0.454 e. The Labute approximate surface area is 203 Å². The van der Waals surface area contributed by atoms with Crippen molar-refractivity contribution in [3.05, 3.63) is 88.6 Å². The predicted molar refractivity (Wildman–Crippen MR) is 133 cm³/mol. The Kier molecular flexibility index (Phi) is 7.49. The molecule has 3 aromatic rings. The van der Waals surface area contributed by atoms with E-state index in [1.54, 1.807) is 22.3 Å². The molecule has 1 aliphatic rings. The Morgan fingerprint density at radius 3 is 2.65 bits per heavy atom. The van der Waals surface area contributed by atoms with Gasteiger partial charge in [-0.2, -0.15) is 0 Å². The molecule has 0 saturated heterocycles. The van der Waals surface area contributed by atoms with Gasteiger partial charge in [0.2, 0.25) is 12.7 Å². The summed E-state index contributed by atoms with van der Waals surface area (Å²) in [5, 5.41) is 4.89. The van der Waals surface area contributed by atoms with Crippen LogP contribution in [0.1, 0.15) is 16.0 Å². The van der Waals surface area contributed by atoms with Gasteiger partial charge in [0.25, 0.3) is 0 Å². The van der Waals surface area contributed by atoms with Gasteiger partial charge in [-0.3, -0.25) is 4.79 Å². The molecule has 176 valence electrons. The molecule has 0 unspecified atom stereocenters. The van der Waals surface area contributed by atoms with E-state index in [4.69, 9.17) is 9.47 Å². The van der Waals surface area contributed by atoms with E-state index < -0.39 is 0 Å². The van der Waals surface area contributed by atoms with Gasteiger partial charge in [-0.1, -0.05) is 36.4 Å². The summed E-state index contributed by atoms with van der Waals surface area (Å²) in [6.07, 6.45) is 1.62. The Hall–Kier alpha value is -3.78. The maximum absolute atomic E-state index is 13.4. The average Bonchev–Trinajstić information content (AvgIpc) is 3.51. The van der Waals surface area contributed by atoms with Crippen molar-refractivity contribution in [2.75, 3.05) is 25.2 Å². The van der Waals surface area contributed by atoms with Crippen LogP contribution in [0.5, 0.6) is 11.5 Å². The summed E-state index contributed by atoms with van der Waals surface area (Å²) in [6.45, 7) is 6.89. The van der Waals surface area contributed by atoms with E-state index in [2.05, 4.69) is 11.9 Å². The van der Waals surface area contributed by atoms with Crippen LogP contribution >= 0.6 is 11.3 Å². The van der Waals surface area contributed by atoms with Crippen LogP contribution in [0.25, 0.3) is 0 Å². The number of amides is 3. The van der Waals surface area contributed by atoms with Crippen LogP contribution in [0.3, 0.4) is 0 Å². The van der Waals surface area contributed by atoms with Crippen molar-refractivity contribution in [1.29, 1.82) is 0 Å². The molecular weight excluding hydrogens is 450 g/mol. The quantitative estimate of drug-likeness (QED) is 0.439. The lowest BCUT2D eigenvalue weighted by atomic mass is 10.2. The van der Waals surface area contributed by atoms with Crippen molar-refractivity contribution >= 4 is 29.0 Å². The predicted octanol–water partition coefficient (Wildman–Crippen LogP) is 5.03. The number of hydrogen-bond acceptors (Lipinski definition) is 5. The molecule has 1 aliphatic heterocycles. The van der Waals surface area contributed by atoms with Gasteiger partial charge < -0.3 is 24.6 Å². The molecule has 2 heterocycles. The van der Waals surface area contributed by atoms with Gasteiger partial charge in [0.15, 0.2) is 11.5 Å². The van der Waals surface area contributed by atoms with Crippen LogP contribution in [0.4, 0.5) is 10.5 Å². The highest BCUT2D eigenvalue weighted by Crippen LogP contribution is 2.33. The summed E-state index contributed by atoms with van der Waals surface area (Å²) in [4.78, 5) is 30.7. The molecule has 0 bridgehead atoms. The molecule has 2 aromatic carbocycles. The van der Waals surface area contributed by atoms with E-state index in [-0.39, 0.29) is 31.8 Å². The van der Waals surface area contributed by atoms with Crippen molar-refractivity contribution < 1.29 is 19.1 Å². The molecule has 0 radical (unpaired) electrons. The number of para-hydroxylation sites is 1. The van der Waals surface area contributed by atoms with Crippen LogP contribution in [0.15, 0.2) is 72.6 Å². The number of aryl methyl sites for hydroxylation is 1. The van der Waals surface area contributed by atoms with Crippen LogP contribution in [0.2, 0.25) is 0 Å². The fraction of sp³-hybridized carbons (Fsp3) is 0.231. The third-order valence-electron chi connectivity index (χ3n) is 5.44. The van der Waals surface area contributed by atoms with Gasteiger partial charge in [-0.15, -0.1) is 17.9 Å². The first-order chi connectivity index (χ1) is 16.5. The highest BCUT2D eigenvalue weighted by molar-refractivity contribution is 7.09. The molecule has 8 heteroatoms. The monoisotopic (exact) mass is 477 g/mol. The summed E-state index contributed by atoms with van der Waals surface area (Å²) in [5.74, 6) is 1.21. The molecule has 0 saturated carbocycles. The lowest BCUT2D eigenvalue weighted by Crippen LogP contribution is -2.44. The lowest BCUT2D eigenvalue weighted by molar-refractivity contribution is -0.132. The van der Waals surface area contributed by atoms with Crippen molar-refractivity contribution in [3.63, 3.8) is 0 Å². The number of ether oxygens (including phenoxy) is 2. The van der Waals surface area contributed by atoms with E-state index in [0.717, 1.165) is 16.0 Å². The normalized spacial score (nSPS) is 11.7. The molecule has 0 aliphatic carbocycles. The van der Waals surface area contributed by atoms with Crippen molar-refractivity contribution in [3.8, 4) is 11.5 Å². The molecule has 0 spiro atoms. The SMILES string of the molecule is C=CCN(CC(=O)N(Cc1ccc2c(c1)OCO2)Cc1cccs1)C(=O)Nc1ccccc1C. The van der Waals surface area contributed by atoms with Gasteiger partial charge >= 0.3 is 6.03 Å². The van der Waals surface area contributed by atoms with Crippen LogP contribution < -0.4 is 14.8 Å². The molecule has 34 heavy (non-hydrogen) atoms. The molecule has 3 amide bonds. The van der Waals surface area contributed by atoms with Crippen LogP contribution in [-0.2, 0) is 17.9 Å². The third-order valence-corrected chi connectivity index (χ3v) is 6.30. The maximum atomic E-state index is 13.4. The Bertz CT molecular complexity index is 1160. The minimum absolute atomic E-state index is 0.0698. The maximum Gasteiger partial charge on any atom is 0.322 e. The highest BCUT2D eigenvalue weighted by Gasteiger charge is 2.23. The summed E-state index contributed by atoms with van der Waals surface area (Å²) in [7, 11) is 0. The minimum atomic E-state index is -0.346. The van der Waals surface area contributed by atoms with Crippen LogP contribution in [0, 0.1) is 6.92 Å². The molecule has 4 rings (SSSR count). The smallest absolute Gasteiger partial charge is 0.322 e. The molecule has 1 aromatic heterocycles. The fourth-order valence-electron chi connectivity index (χ4n) is 3.63. The third kappa shape index (κ3) is 5.77. The minimum Gasteiger partial charge on any atom is -0.454 e. The Morgan fingerprint density at radius 1 is 1.06 bits per heavy atom. The van der Waals surface area contributed by atoms with Crippen molar-refractivity contribution in [1.82, 2.24) is 9.80 Å². The first-order valence-corrected chi connectivity index (χ1v) is 11.8. The number of thiophene rings is 1. The summed E-state index contributed by atoms with van der Waals surface area (Å²) in [5.41, 5.74) is 2.58. The highest BCUT2D eigenvalue weighted by atomic mass is 32.1. The Morgan fingerprint density at radius 2 is 1.88 bits per heavy atom. The lowest BCUT2D eigenvalue weighted by Gasteiger charge is -2.27. The second-order valence-corrected chi connectivity index (χ2v) is 8.96. The Balaban J connectivity index is 1.50. The van der Waals surface area contributed by atoms with E-state index in [9.17, 15) is 9.59 Å². The zero-order chi connectivity index (χ0) is 23.9. The number of anilines is 1. The van der Waals surface area contributed by atoms with Gasteiger partial charge in [0, 0.05) is 23.7 Å². The van der Waals surface area contributed by atoms with E-state index in [1.807, 2.05) is 66.9 Å². The number of nitrogens with one attached hydrogen (secondary N) is 1. The fourth-order valence-corrected chi connectivity index (χ4v) is 4.35. The number of benzene rings is 2. The number of fused-ring (bicyclic) bond motifs is 1. The van der Waals surface area contributed by atoms with Crippen molar-refractivity contribution in [2.45, 2.75) is 20.0 Å². The molecule has 7 nitrogen and oxygen atoms in total. The van der Waals surface area contributed by atoms with Gasteiger partial charge in [0.05, 0.1) is 6.54 Å².